The van der Waals surface area contributed by atoms with Gasteiger partial charge in [0.05, 0.1) is 13.0 Å². The number of carboxylic acids is 1. The van der Waals surface area contributed by atoms with Crippen molar-refractivity contribution in [3.63, 3.8) is 0 Å². The molecule has 108 valence electrons. The van der Waals surface area contributed by atoms with E-state index in [0.29, 0.717) is 6.54 Å². The van der Waals surface area contributed by atoms with Crippen LogP contribution in [-0.4, -0.2) is 30.1 Å². The van der Waals surface area contributed by atoms with Crippen molar-refractivity contribution in [3.05, 3.63) is 30.3 Å². The summed E-state index contributed by atoms with van der Waals surface area (Å²) in [6.07, 6.45) is 2.95. The number of rotatable bonds is 7. The molecule has 0 aliphatic heterocycles. The Bertz CT molecular complexity index is 469. The standard InChI is InChI=1S/C15H20N2O3/c18-13(10-16-12-5-2-1-3-6-12)17-11-15(7-4-8-15)9-14(19)20/h1-3,5-6,16H,4,7-11H2,(H,17,18)(H,19,20). The Hall–Kier alpha value is -2.04. The van der Waals surface area contributed by atoms with Crippen molar-refractivity contribution >= 4 is 17.6 Å². The Labute approximate surface area is 118 Å². The first-order valence-corrected chi connectivity index (χ1v) is 6.87. The number of hydrogen-bond acceptors (Lipinski definition) is 3. The largest absolute Gasteiger partial charge is 0.481 e. The molecule has 0 unspecified atom stereocenters. The summed E-state index contributed by atoms with van der Waals surface area (Å²) < 4.78 is 0. The van der Waals surface area contributed by atoms with Crippen LogP contribution in [0.4, 0.5) is 5.69 Å². The van der Waals surface area contributed by atoms with Gasteiger partial charge >= 0.3 is 5.97 Å². The molecule has 1 aromatic rings. The molecule has 2 rings (SSSR count). The zero-order valence-corrected chi connectivity index (χ0v) is 11.4. The van der Waals surface area contributed by atoms with E-state index in [2.05, 4.69) is 10.6 Å². The molecule has 1 aliphatic carbocycles. The summed E-state index contributed by atoms with van der Waals surface area (Å²) in [4.78, 5) is 22.6. The van der Waals surface area contributed by atoms with Gasteiger partial charge in [-0.1, -0.05) is 24.6 Å². The highest BCUT2D eigenvalue weighted by Gasteiger charge is 2.39. The van der Waals surface area contributed by atoms with E-state index in [0.717, 1.165) is 24.9 Å². The number of aliphatic carboxylic acids is 1. The highest BCUT2D eigenvalue weighted by Crippen LogP contribution is 2.43. The van der Waals surface area contributed by atoms with Crippen LogP contribution in [0.2, 0.25) is 0 Å². The number of anilines is 1. The molecule has 5 nitrogen and oxygen atoms in total. The highest BCUT2D eigenvalue weighted by atomic mass is 16.4. The summed E-state index contributed by atoms with van der Waals surface area (Å²) in [5.41, 5.74) is 0.667. The molecule has 1 fully saturated rings. The number of carbonyl (C=O) groups excluding carboxylic acids is 1. The molecule has 3 N–H and O–H groups in total. The molecule has 0 radical (unpaired) electrons. The van der Waals surface area contributed by atoms with Gasteiger partial charge in [-0.15, -0.1) is 0 Å². The van der Waals surface area contributed by atoms with E-state index in [-0.39, 0.29) is 24.3 Å². The van der Waals surface area contributed by atoms with E-state index < -0.39 is 5.97 Å². The molecule has 0 aromatic heterocycles. The lowest BCUT2D eigenvalue weighted by molar-refractivity contribution is -0.141. The van der Waals surface area contributed by atoms with Crippen LogP contribution in [0, 0.1) is 5.41 Å². The number of amides is 1. The third-order valence-electron chi connectivity index (χ3n) is 3.83. The SMILES string of the molecule is O=C(O)CC1(CNC(=O)CNc2ccccc2)CCC1. The highest BCUT2D eigenvalue weighted by molar-refractivity contribution is 5.80. The molecule has 0 bridgehead atoms. The summed E-state index contributed by atoms with van der Waals surface area (Å²) in [5.74, 6) is -0.896. The summed E-state index contributed by atoms with van der Waals surface area (Å²) in [7, 11) is 0. The summed E-state index contributed by atoms with van der Waals surface area (Å²) in [5, 5.41) is 14.8. The molecule has 1 saturated carbocycles. The predicted molar refractivity (Wildman–Crippen MR) is 76.5 cm³/mol. The van der Waals surface area contributed by atoms with E-state index in [1.807, 2.05) is 30.3 Å². The van der Waals surface area contributed by atoms with Gasteiger partial charge in [0.2, 0.25) is 5.91 Å². The monoisotopic (exact) mass is 276 g/mol. The second kappa shape index (κ2) is 6.41. The molecule has 20 heavy (non-hydrogen) atoms. The molecular weight excluding hydrogens is 256 g/mol. The van der Waals surface area contributed by atoms with Crippen molar-refractivity contribution in [2.45, 2.75) is 25.7 Å². The molecule has 1 aliphatic rings. The lowest BCUT2D eigenvalue weighted by Gasteiger charge is -2.40. The predicted octanol–water partition coefficient (Wildman–Crippen LogP) is 1.86. The number of hydrogen-bond donors (Lipinski definition) is 3. The maximum absolute atomic E-state index is 11.8. The first-order chi connectivity index (χ1) is 9.60. The number of carboxylic acid groups (broad SMARTS) is 1. The number of para-hydroxylation sites is 1. The fraction of sp³-hybridized carbons (Fsp3) is 0.467. The van der Waals surface area contributed by atoms with Crippen molar-refractivity contribution in [1.82, 2.24) is 5.32 Å². The zero-order valence-electron chi connectivity index (χ0n) is 11.4. The lowest BCUT2D eigenvalue weighted by Crippen LogP contribution is -2.44. The third kappa shape index (κ3) is 3.98. The molecule has 0 atom stereocenters. The van der Waals surface area contributed by atoms with Gasteiger partial charge in [-0.2, -0.15) is 0 Å². The average molecular weight is 276 g/mol. The van der Waals surface area contributed by atoms with Crippen LogP contribution in [0.1, 0.15) is 25.7 Å². The first-order valence-electron chi connectivity index (χ1n) is 6.87. The van der Waals surface area contributed by atoms with Crippen LogP contribution in [0.25, 0.3) is 0 Å². The average Bonchev–Trinajstić information content (AvgIpc) is 2.40. The summed E-state index contributed by atoms with van der Waals surface area (Å²) >= 11 is 0. The van der Waals surface area contributed by atoms with Gasteiger partial charge < -0.3 is 15.7 Å². The Morgan fingerprint density at radius 2 is 1.90 bits per heavy atom. The fourth-order valence-electron chi connectivity index (χ4n) is 2.50. The summed E-state index contributed by atoms with van der Waals surface area (Å²) in [6.45, 7) is 0.655. The second-order valence-electron chi connectivity index (χ2n) is 5.42. The van der Waals surface area contributed by atoms with Gasteiger partial charge in [0, 0.05) is 12.2 Å². The van der Waals surface area contributed by atoms with E-state index in [4.69, 9.17) is 5.11 Å². The smallest absolute Gasteiger partial charge is 0.303 e. The van der Waals surface area contributed by atoms with Crippen molar-refractivity contribution in [1.29, 1.82) is 0 Å². The van der Waals surface area contributed by atoms with Crippen molar-refractivity contribution in [2.75, 3.05) is 18.4 Å². The molecule has 0 saturated heterocycles. The van der Waals surface area contributed by atoms with Gasteiger partial charge in [-0.3, -0.25) is 9.59 Å². The van der Waals surface area contributed by atoms with Crippen molar-refractivity contribution < 1.29 is 14.7 Å². The Morgan fingerprint density at radius 1 is 1.20 bits per heavy atom. The first kappa shape index (κ1) is 14.4. The Balaban J connectivity index is 1.73. The maximum atomic E-state index is 11.8. The second-order valence-corrected chi connectivity index (χ2v) is 5.42. The van der Waals surface area contributed by atoms with Crippen LogP contribution < -0.4 is 10.6 Å². The zero-order chi connectivity index (χ0) is 14.4. The quantitative estimate of drug-likeness (QED) is 0.710. The van der Waals surface area contributed by atoms with Gasteiger partial charge in [0.1, 0.15) is 0 Å². The van der Waals surface area contributed by atoms with E-state index in [1.165, 1.54) is 0 Å². The molecule has 5 heteroatoms. The van der Waals surface area contributed by atoms with E-state index >= 15 is 0 Å². The van der Waals surface area contributed by atoms with Gasteiger partial charge in [-0.05, 0) is 30.4 Å². The normalized spacial score (nSPS) is 16.0. The molecule has 1 aromatic carbocycles. The van der Waals surface area contributed by atoms with Gasteiger partial charge in [0.15, 0.2) is 0 Å². The Morgan fingerprint density at radius 3 is 2.45 bits per heavy atom. The topological polar surface area (TPSA) is 78.4 Å². The van der Waals surface area contributed by atoms with E-state index in [9.17, 15) is 9.59 Å². The number of benzene rings is 1. The molecule has 1 amide bonds. The minimum atomic E-state index is -0.790. The van der Waals surface area contributed by atoms with Crippen LogP contribution in [-0.2, 0) is 9.59 Å². The van der Waals surface area contributed by atoms with Crippen LogP contribution >= 0.6 is 0 Å². The van der Waals surface area contributed by atoms with Gasteiger partial charge in [0.25, 0.3) is 0 Å². The van der Waals surface area contributed by atoms with Crippen LogP contribution in [0.5, 0.6) is 0 Å². The molecular formula is C15H20N2O3. The summed E-state index contributed by atoms with van der Waals surface area (Å²) in [6, 6.07) is 9.50. The van der Waals surface area contributed by atoms with Crippen LogP contribution in [0.15, 0.2) is 30.3 Å². The van der Waals surface area contributed by atoms with Crippen molar-refractivity contribution in [3.8, 4) is 0 Å². The Kier molecular flexibility index (Phi) is 4.61. The molecule has 0 spiro atoms. The fourth-order valence-corrected chi connectivity index (χ4v) is 2.50. The molecule has 0 heterocycles. The lowest BCUT2D eigenvalue weighted by atomic mass is 9.66. The number of nitrogens with one attached hydrogen (secondary N) is 2. The minimum Gasteiger partial charge on any atom is -0.481 e. The van der Waals surface area contributed by atoms with E-state index in [1.54, 1.807) is 0 Å². The van der Waals surface area contributed by atoms with Gasteiger partial charge in [-0.25, -0.2) is 0 Å². The van der Waals surface area contributed by atoms with Crippen molar-refractivity contribution in [2.24, 2.45) is 5.41 Å². The number of carbonyl (C=O) groups is 2. The maximum Gasteiger partial charge on any atom is 0.303 e. The third-order valence-corrected chi connectivity index (χ3v) is 3.83. The van der Waals surface area contributed by atoms with Crippen LogP contribution in [0.3, 0.4) is 0 Å². The minimum absolute atomic E-state index is 0.106.